The van der Waals surface area contributed by atoms with Gasteiger partial charge >= 0.3 is 0 Å². The number of likely N-dealkylation sites (tertiary alicyclic amines) is 1. The van der Waals surface area contributed by atoms with E-state index >= 15 is 0 Å². The Morgan fingerprint density at radius 3 is 2.32 bits per heavy atom. The van der Waals surface area contributed by atoms with Gasteiger partial charge in [0.25, 0.3) is 0 Å². The lowest BCUT2D eigenvalue weighted by atomic mass is 9.91. The maximum Gasteiger partial charge on any atom is 0.0632 e. The molecule has 0 aromatic heterocycles. The summed E-state index contributed by atoms with van der Waals surface area (Å²) in [5, 5.41) is 13.7. The van der Waals surface area contributed by atoms with Gasteiger partial charge in [0.1, 0.15) is 0 Å². The Kier molecular flexibility index (Phi) is 5.44. The average molecular weight is 270 g/mol. The first-order valence-corrected chi connectivity index (χ1v) is 7.69. The van der Waals surface area contributed by atoms with E-state index in [-0.39, 0.29) is 11.0 Å². The van der Waals surface area contributed by atoms with Crippen LogP contribution < -0.4 is 5.32 Å². The molecule has 19 heavy (non-hydrogen) atoms. The molecule has 0 aromatic carbocycles. The van der Waals surface area contributed by atoms with E-state index in [9.17, 15) is 5.11 Å². The lowest BCUT2D eigenvalue weighted by molar-refractivity contribution is 0.0432. The van der Waals surface area contributed by atoms with Crippen LogP contribution in [-0.2, 0) is 0 Å². The highest BCUT2D eigenvalue weighted by Crippen LogP contribution is 2.24. The first kappa shape index (κ1) is 16.9. The van der Waals surface area contributed by atoms with Crippen LogP contribution in [-0.4, -0.2) is 47.3 Å². The zero-order chi connectivity index (χ0) is 14.7. The van der Waals surface area contributed by atoms with Crippen molar-refractivity contribution in [2.75, 3.05) is 26.2 Å². The number of rotatable bonds is 4. The fourth-order valence-electron chi connectivity index (χ4n) is 2.64. The van der Waals surface area contributed by atoms with E-state index in [4.69, 9.17) is 0 Å². The quantitative estimate of drug-likeness (QED) is 0.824. The fraction of sp³-hybridized carbons (Fsp3) is 1.00. The zero-order valence-electron chi connectivity index (χ0n) is 13.8. The predicted molar refractivity (Wildman–Crippen MR) is 82.5 cm³/mol. The van der Waals surface area contributed by atoms with E-state index in [0.29, 0.717) is 0 Å². The summed E-state index contributed by atoms with van der Waals surface area (Å²) in [5.74, 6) is 0. The second-order valence-corrected chi connectivity index (χ2v) is 8.39. The number of aliphatic hydroxyl groups is 1. The first-order valence-electron chi connectivity index (χ1n) is 7.69. The topological polar surface area (TPSA) is 35.5 Å². The smallest absolute Gasteiger partial charge is 0.0632 e. The number of hydrogen-bond acceptors (Lipinski definition) is 3. The van der Waals surface area contributed by atoms with Crippen molar-refractivity contribution in [2.45, 2.75) is 71.9 Å². The normalized spacial score (nSPS) is 27.3. The van der Waals surface area contributed by atoms with Gasteiger partial charge in [-0.3, -0.25) is 0 Å². The van der Waals surface area contributed by atoms with Crippen LogP contribution in [0.5, 0.6) is 0 Å². The second-order valence-electron chi connectivity index (χ2n) is 8.39. The third-order valence-corrected chi connectivity index (χ3v) is 3.91. The van der Waals surface area contributed by atoms with Crippen LogP contribution in [0.25, 0.3) is 0 Å². The lowest BCUT2D eigenvalue weighted by Gasteiger charge is -2.35. The van der Waals surface area contributed by atoms with E-state index in [0.717, 1.165) is 45.4 Å². The summed E-state index contributed by atoms with van der Waals surface area (Å²) >= 11 is 0. The Labute approximate surface area is 119 Å². The molecule has 1 fully saturated rings. The third-order valence-electron chi connectivity index (χ3n) is 3.91. The van der Waals surface area contributed by atoms with Crippen molar-refractivity contribution in [3.05, 3.63) is 0 Å². The molecule has 0 radical (unpaired) electrons. The van der Waals surface area contributed by atoms with Gasteiger partial charge in [-0.2, -0.15) is 0 Å². The number of nitrogens with one attached hydrogen (secondary N) is 1. The van der Waals surface area contributed by atoms with Crippen LogP contribution in [0.3, 0.4) is 0 Å². The third kappa shape index (κ3) is 7.28. The first-order chi connectivity index (χ1) is 8.49. The van der Waals surface area contributed by atoms with Gasteiger partial charge in [-0.05, 0) is 58.9 Å². The van der Waals surface area contributed by atoms with E-state index in [2.05, 4.69) is 44.8 Å². The largest absolute Gasteiger partial charge is 0.390 e. The van der Waals surface area contributed by atoms with Gasteiger partial charge in [-0.15, -0.1) is 0 Å². The summed E-state index contributed by atoms with van der Waals surface area (Å²) in [6, 6.07) is 0. The molecule has 1 heterocycles. The molecule has 114 valence electrons. The van der Waals surface area contributed by atoms with Gasteiger partial charge in [0, 0.05) is 25.2 Å². The highest BCUT2D eigenvalue weighted by Gasteiger charge is 2.28. The lowest BCUT2D eigenvalue weighted by Crippen LogP contribution is -2.46. The van der Waals surface area contributed by atoms with Crippen molar-refractivity contribution in [1.29, 1.82) is 0 Å². The van der Waals surface area contributed by atoms with Crippen molar-refractivity contribution in [2.24, 2.45) is 5.41 Å². The summed E-state index contributed by atoms with van der Waals surface area (Å²) < 4.78 is 0. The number of hydrogen-bond donors (Lipinski definition) is 2. The molecule has 0 bridgehead atoms. The average Bonchev–Trinajstić information content (AvgIpc) is 2.37. The van der Waals surface area contributed by atoms with Gasteiger partial charge < -0.3 is 15.3 Å². The number of nitrogens with zero attached hydrogens (tertiary/aromatic N) is 1. The van der Waals surface area contributed by atoms with Crippen LogP contribution >= 0.6 is 0 Å². The molecule has 1 atom stereocenters. The molecule has 2 N–H and O–H groups in total. The minimum absolute atomic E-state index is 0.180. The van der Waals surface area contributed by atoms with Gasteiger partial charge in [-0.1, -0.05) is 13.8 Å². The minimum Gasteiger partial charge on any atom is -0.390 e. The van der Waals surface area contributed by atoms with Crippen LogP contribution in [0.4, 0.5) is 0 Å². The van der Waals surface area contributed by atoms with E-state index in [1.165, 1.54) is 0 Å². The summed E-state index contributed by atoms with van der Waals surface area (Å²) in [5.41, 5.74) is -0.00818. The molecule has 1 rings (SSSR count). The van der Waals surface area contributed by atoms with Crippen LogP contribution in [0, 0.1) is 5.41 Å². The molecule has 0 amide bonds. The fourth-order valence-corrected chi connectivity index (χ4v) is 2.64. The summed E-state index contributed by atoms with van der Waals surface area (Å²) in [6.45, 7) is 17.5. The SMILES string of the molecule is CC(C)(CNC(C)(C)C)CN1CCCC(C)(O)CC1. The Morgan fingerprint density at radius 2 is 1.74 bits per heavy atom. The Balaban J connectivity index is 2.44. The maximum absolute atomic E-state index is 10.1. The molecule has 0 spiro atoms. The molecular weight excluding hydrogens is 236 g/mol. The van der Waals surface area contributed by atoms with Crippen molar-refractivity contribution in [3.8, 4) is 0 Å². The van der Waals surface area contributed by atoms with E-state index < -0.39 is 5.60 Å². The monoisotopic (exact) mass is 270 g/mol. The van der Waals surface area contributed by atoms with Gasteiger partial charge in [-0.25, -0.2) is 0 Å². The highest BCUT2D eigenvalue weighted by molar-refractivity contribution is 4.84. The van der Waals surface area contributed by atoms with Crippen molar-refractivity contribution in [3.63, 3.8) is 0 Å². The van der Waals surface area contributed by atoms with E-state index in [1.807, 2.05) is 6.92 Å². The van der Waals surface area contributed by atoms with Crippen LogP contribution in [0.2, 0.25) is 0 Å². The van der Waals surface area contributed by atoms with E-state index in [1.54, 1.807) is 0 Å². The van der Waals surface area contributed by atoms with Crippen LogP contribution in [0.1, 0.15) is 60.8 Å². The molecular formula is C16H34N2O. The molecule has 1 aliphatic heterocycles. The standard InChI is InChI=1S/C16H34N2O/c1-14(2,3)17-12-15(4,5)13-18-10-7-8-16(6,19)9-11-18/h17,19H,7-13H2,1-6H3. The van der Waals surface area contributed by atoms with Gasteiger partial charge in [0.2, 0.25) is 0 Å². The molecule has 1 saturated heterocycles. The Bertz CT molecular complexity index is 279. The summed E-state index contributed by atoms with van der Waals surface area (Å²) in [4.78, 5) is 2.52. The minimum atomic E-state index is -0.456. The summed E-state index contributed by atoms with van der Waals surface area (Å²) in [7, 11) is 0. The van der Waals surface area contributed by atoms with Crippen LogP contribution in [0.15, 0.2) is 0 Å². The molecule has 3 nitrogen and oxygen atoms in total. The highest BCUT2D eigenvalue weighted by atomic mass is 16.3. The van der Waals surface area contributed by atoms with Crippen molar-refractivity contribution < 1.29 is 5.11 Å². The zero-order valence-corrected chi connectivity index (χ0v) is 13.8. The molecule has 1 aliphatic rings. The van der Waals surface area contributed by atoms with Gasteiger partial charge in [0.05, 0.1) is 5.60 Å². The van der Waals surface area contributed by atoms with Crippen molar-refractivity contribution >= 4 is 0 Å². The molecule has 0 aliphatic carbocycles. The maximum atomic E-state index is 10.1. The molecule has 0 saturated carbocycles. The summed E-state index contributed by atoms with van der Waals surface area (Å²) in [6.07, 6.45) is 2.94. The second kappa shape index (κ2) is 6.11. The van der Waals surface area contributed by atoms with Crippen molar-refractivity contribution in [1.82, 2.24) is 10.2 Å². The predicted octanol–water partition coefficient (Wildman–Crippen LogP) is 2.64. The Morgan fingerprint density at radius 1 is 1.11 bits per heavy atom. The molecule has 1 unspecified atom stereocenters. The molecule has 3 heteroatoms. The molecule has 0 aromatic rings. The Hall–Kier alpha value is -0.120. The van der Waals surface area contributed by atoms with Gasteiger partial charge in [0.15, 0.2) is 0 Å².